The molecule has 1 saturated carbocycles. The minimum Gasteiger partial charge on any atom is -0.353 e. The summed E-state index contributed by atoms with van der Waals surface area (Å²) < 4.78 is 0. The smallest absolute Gasteiger partial charge is 0.224 e. The largest absolute Gasteiger partial charge is 0.353 e. The van der Waals surface area contributed by atoms with E-state index in [4.69, 9.17) is 0 Å². The van der Waals surface area contributed by atoms with Crippen molar-refractivity contribution in [3.05, 3.63) is 0 Å². The van der Waals surface area contributed by atoms with Gasteiger partial charge in [0.25, 0.3) is 0 Å². The van der Waals surface area contributed by atoms with Crippen molar-refractivity contribution in [2.45, 2.75) is 45.6 Å². The Bertz CT molecular complexity index is 206. The van der Waals surface area contributed by atoms with Crippen molar-refractivity contribution in [1.82, 2.24) is 10.6 Å². The van der Waals surface area contributed by atoms with E-state index in [0.29, 0.717) is 6.04 Å². The number of carbonyl (C=O) groups is 1. The van der Waals surface area contributed by atoms with Crippen molar-refractivity contribution >= 4 is 5.91 Å². The van der Waals surface area contributed by atoms with Crippen molar-refractivity contribution < 1.29 is 4.79 Å². The normalized spacial score (nSPS) is 28.5. The summed E-state index contributed by atoms with van der Waals surface area (Å²) in [5.74, 6) is 1.04. The van der Waals surface area contributed by atoms with E-state index in [9.17, 15) is 4.79 Å². The lowest BCUT2D eigenvalue weighted by Gasteiger charge is -2.28. The van der Waals surface area contributed by atoms with Gasteiger partial charge in [-0.15, -0.1) is 0 Å². The van der Waals surface area contributed by atoms with E-state index in [1.165, 1.54) is 12.8 Å². The monoisotopic (exact) mass is 212 g/mol. The first kappa shape index (κ1) is 12.5. The first-order chi connectivity index (χ1) is 7.13. The molecule has 0 radical (unpaired) electrons. The Morgan fingerprint density at radius 1 is 1.47 bits per heavy atom. The standard InChI is InChI=1S/C12H24N2O/c1-9-5-4-6-11(7-9)14-12(15)10(2)8-13-3/h9-11,13H,4-8H2,1-3H3,(H,14,15). The highest BCUT2D eigenvalue weighted by Gasteiger charge is 2.22. The third-order valence-electron chi connectivity index (χ3n) is 3.24. The Labute approximate surface area is 93.0 Å². The molecule has 3 unspecified atom stereocenters. The zero-order valence-electron chi connectivity index (χ0n) is 10.2. The lowest BCUT2D eigenvalue weighted by Crippen LogP contribution is -2.42. The van der Waals surface area contributed by atoms with Crippen molar-refractivity contribution in [3.8, 4) is 0 Å². The number of rotatable bonds is 4. The average molecular weight is 212 g/mol. The first-order valence-electron chi connectivity index (χ1n) is 6.08. The number of carbonyl (C=O) groups excluding carboxylic acids is 1. The minimum atomic E-state index is 0.0761. The molecule has 0 saturated heterocycles. The van der Waals surface area contributed by atoms with Gasteiger partial charge in [0.05, 0.1) is 0 Å². The summed E-state index contributed by atoms with van der Waals surface area (Å²) in [7, 11) is 1.88. The van der Waals surface area contributed by atoms with Gasteiger partial charge in [-0.2, -0.15) is 0 Å². The van der Waals surface area contributed by atoms with E-state index in [1.807, 2.05) is 14.0 Å². The molecule has 15 heavy (non-hydrogen) atoms. The quantitative estimate of drug-likeness (QED) is 0.742. The molecule has 0 aromatic carbocycles. The molecule has 3 atom stereocenters. The van der Waals surface area contributed by atoms with Gasteiger partial charge in [-0.05, 0) is 25.8 Å². The molecule has 1 amide bonds. The molecular formula is C12H24N2O. The predicted octanol–water partition coefficient (Wildman–Crippen LogP) is 1.54. The van der Waals surface area contributed by atoms with E-state index >= 15 is 0 Å². The molecular weight excluding hydrogens is 188 g/mol. The van der Waals surface area contributed by atoms with E-state index in [2.05, 4.69) is 17.6 Å². The van der Waals surface area contributed by atoms with Gasteiger partial charge in [-0.3, -0.25) is 4.79 Å². The molecule has 0 aliphatic heterocycles. The summed E-state index contributed by atoms with van der Waals surface area (Å²) in [6, 6.07) is 0.417. The summed E-state index contributed by atoms with van der Waals surface area (Å²) in [6.07, 6.45) is 4.88. The van der Waals surface area contributed by atoms with Gasteiger partial charge in [0.2, 0.25) is 5.91 Å². The molecule has 2 N–H and O–H groups in total. The summed E-state index contributed by atoms with van der Waals surface area (Å²) >= 11 is 0. The highest BCUT2D eigenvalue weighted by Crippen LogP contribution is 2.23. The van der Waals surface area contributed by atoms with Crippen LogP contribution in [0.5, 0.6) is 0 Å². The maximum Gasteiger partial charge on any atom is 0.224 e. The van der Waals surface area contributed by atoms with Crippen molar-refractivity contribution in [2.24, 2.45) is 11.8 Å². The first-order valence-corrected chi connectivity index (χ1v) is 6.08. The van der Waals surface area contributed by atoms with Crippen LogP contribution in [-0.2, 0) is 4.79 Å². The van der Waals surface area contributed by atoms with Crippen LogP contribution in [0.15, 0.2) is 0 Å². The Morgan fingerprint density at radius 2 is 2.20 bits per heavy atom. The molecule has 3 nitrogen and oxygen atoms in total. The van der Waals surface area contributed by atoms with Crippen LogP contribution in [-0.4, -0.2) is 25.5 Å². The Kier molecular flexibility index (Phi) is 5.09. The van der Waals surface area contributed by atoms with Gasteiger partial charge >= 0.3 is 0 Å². The van der Waals surface area contributed by atoms with Crippen LogP contribution < -0.4 is 10.6 Å². The zero-order valence-corrected chi connectivity index (χ0v) is 10.2. The second-order valence-electron chi connectivity index (χ2n) is 4.94. The number of hydrogen-bond acceptors (Lipinski definition) is 2. The highest BCUT2D eigenvalue weighted by atomic mass is 16.1. The SMILES string of the molecule is CNCC(C)C(=O)NC1CCCC(C)C1. The molecule has 0 bridgehead atoms. The Morgan fingerprint density at radius 3 is 2.80 bits per heavy atom. The van der Waals surface area contributed by atoms with Gasteiger partial charge < -0.3 is 10.6 Å². The number of nitrogens with one attached hydrogen (secondary N) is 2. The van der Waals surface area contributed by atoms with E-state index in [1.54, 1.807) is 0 Å². The molecule has 0 aromatic heterocycles. The molecule has 0 heterocycles. The minimum absolute atomic E-state index is 0.0761. The summed E-state index contributed by atoms with van der Waals surface area (Å²) in [6.45, 7) is 5.00. The van der Waals surface area contributed by atoms with Crippen LogP contribution in [0, 0.1) is 11.8 Å². The maximum absolute atomic E-state index is 11.8. The fraction of sp³-hybridized carbons (Fsp3) is 0.917. The topological polar surface area (TPSA) is 41.1 Å². The van der Waals surface area contributed by atoms with E-state index in [0.717, 1.165) is 25.3 Å². The van der Waals surface area contributed by atoms with E-state index in [-0.39, 0.29) is 11.8 Å². The molecule has 1 rings (SSSR count). The summed E-state index contributed by atoms with van der Waals surface area (Å²) in [4.78, 5) is 11.8. The van der Waals surface area contributed by atoms with Gasteiger partial charge in [0, 0.05) is 18.5 Å². The Hall–Kier alpha value is -0.570. The van der Waals surface area contributed by atoms with Crippen LogP contribution in [0.25, 0.3) is 0 Å². The van der Waals surface area contributed by atoms with Gasteiger partial charge in [0.15, 0.2) is 0 Å². The fourth-order valence-corrected chi connectivity index (χ4v) is 2.31. The lowest BCUT2D eigenvalue weighted by atomic mass is 9.87. The van der Waals surface area contributed by atoms with Gasteiger partial charge in [-0.1, -0.05) is 26.7 Å². The predicted molar refractivity (Wildman–Crippen MR) is 62.7 cm³/mol. The molecule has 1 aliphatic rings. The van der Waals surface area contributed by atoms with Gasteiger partial charge in [-0.25, -0.2) is 0 Å². The number of hydrogen-bond donors (Lipinski definition) is 2. The van der Waals surface area contributed by atoms with Gasteiger partial charge in [0.1, 0.15) is 0 Å². The Balaban J connectivity index is 2.30. The molecule has 1 aliphatic carbocycles. The molecule has 3 heteroatoms. The third-order valence-corrected chi connectivity index (χ3v) is 3.24. The highest BCUT2D eigenvalue weighted by molar-refractivity contribution is 5.78. The fourth-order valence-electron chi connectivity index (χ4n) is 2.31. The molecule has 0 spiro atoms. The van der Waals surface area contributed by atoms with Crippen LogP contribution in [0.3, 0.4) is 0 Å². The maximum atomic E-state index is 11.8. The van der Waals surface area contributed by atoms with Crippen molar-refractivity contribution in [1.29, 1.82) is 0 Å². The third kappa shape index (κ3) is 4.20. The number of amides is 1. The average Bonchev–Trinajstić information content (AvgIpc) is 2.18. The lowest BCUT2D eigenvalue weighted by molar-refractivity contribution is -0.125. The van der Waals surface area contributed by atoms with Crippen molar-refractivity contribution in [2.75, 3.05) is 13.6 Å². The van der Waals surface area contributed by atoms with Crippen LogP contribution in [0.1, 0.15) is 39.5 Å². The summed E-state index contributed by atoms with van der Waals surface area (Å²) in [5.41, 5.74) is 0. The summed E-state index contributed by atoms with van der Waals surface area (Å²) in [5, 5.41) is 6.19. The van der Waals surface area contributed by atoms with Crippen LogP contribution >= 0.6 is 0 Å². The second kappa shape index (κ2) is 6.11. The van der Waals surface area contributed by atoms with Crippen LogP contribution in [0.4, 0.5) is 0 Å². The molecule has 1 fully saturated rings. The van der Waals surface area contributed by atoms with Crippen molar-refractivity contribution in [3.63, 3.8) is 0 Å². The van der Waals surface area contributed by atoms with Crippen LogP contribution in [0.2, 0.25) is 0 Å². The van der Waals surface area contributed by atoms with E-state index < -0.39 is 0 Å². The zero-order chi connectivity index (χ0) is 11.3. The molecule has 88 valence electrons. The molecule has 0 aromatic rings. The second-order valence-corrected chi connectivity index (χ2v) is 4.94.